The van der Waals surface area contributed by atoms with E-state index in [2.05, 4.69) is 76.6 Å². The van der Waals surface area contributed by atoms with Gasteiger partial charge in [-0.25, -0.2) is 0 Å². The quantitative estimate of drug-likeness (QED) is 0.426. The summed E-state index contributed by atoms with van der Waals surface area (Å²) in [4.78, 5) is 19.1. The highest BCUT2D eigenvalue weighted by atomic mass is 16.2. The Bertz CT molecular complexity index is 1160. The van der Waals surface area contributed by atoms with Crippen LogP contribution in [0.2, 0.25) is 0 Å². The number of fused-ring (bicyclic) bond motifs is 3. The van der Waals surface area contributed by atoms with E-state index in [1.54, 1.807) is 0 Å². The zero-order valence-corrected chi connectivity index (χ0v) is 17.8. The van der Waals surface area contributed by atoms with Gasteiger partial charge in [-0.2, -0.15) is 0 Å². The third-order valence-electron chi connectivity index (χ3n) is 6.50. The van der Waals surface area contributed by atoms with Gasteiger partial charge in [0.05, 0.1) is 6.04 Å². The number of hydrogen-bond acceptors (Lipinski definition) is 1. The highest BCUT2D eigenvalue weighted by molar-refractivity contribution is 5.86. The van der Waals surface area contributed by atoms with Crippen molar-refractivity contribution >= 4 is 16.8 Å². The molecule has 1 amide bonds. The minimum Gasteiger partial charge on any atom is -0.356 e. The number of amides is 1. The van der Waals surface area contributed by atoms with Gasteiger partial charge in [-0.15, -0.1) is 0 Å². The maximum Gasteiger partial charge on any atom is 0.223 e. The molecule has 1 aliphatic heterocycles. The van der Waals surface area contributed by atoms with Crippen molar-refractivity contribution in [1.29, 1.82) is 0 Å². The average molecular weight is 409 g/mol. The number of nitrogens with zero attached hydrogens (tertiary/aromatic N) is 1. The van der Waals surface area contributed by atoms with Crippen molar-refractivity contribution in [2.75, 3.05) is 6.54 Å². The molecule has 0 fully saturated rings. The van der Waals surface area contributed by atoms with E-state index in [4.69, 9.17) is 0 Å². The van der Waals surface area contributed by atoms with Gasteiger partial charge in [0.15, 0.2) is 0 Å². The molecule has 5 rings (SSSR count). The van der Waals surface area contributed by atoms with Crippen molar-refractivity contribution in [3.05, 3.63) is 107 Å². The molecule has 1 atom stereocenters. The van der Waals surface area contributed by atoms with E-state index >= 15 is 0 Å². The van der Waals surface area contributed by atoms with Crippen LogP contribution in [0.1, 0.15) is 41.3 Å². The Morgan fingerprint density at radius 3 is 2.23 bits per heavy atom. The molecule has 0 saturated carbocycles. The second kappa shape index (κ2) is 8.81. The molecule has 0 saturated heterocycles. The molecule has 1 unspecified atom stereocenters. The van der Waals surface area contributed by atoms with E-state index < -0.39 is 0 Å². The number of benzene rings is 3. The van der Waals surface area contributed by atoms with Gasteiger partial charge < -0.3 is 9.88 Å². The summed E-state index contributed by atoms with van der Waals surface area (Å²) in [5.74, 6) is 0.256. The van der Waals surface area contributed by atoms with Crippen LogP contribution in [0, 0.1) is 0 Å². The maximum absolute atomic E-state index is 13.3. The summed E-state index contributed by atoms with van der Waals surface area (Å²) in [5.41, 5.74) is 6.34. The minimum atomic E-state index is 0.0969. The van der Waals surface area contributed by atoms with E-state index in [-0.39, 0.29) is 11.9 Å². The molecule has 1 aromatic heterocycles. The number of hydrogen-bond donors (Lipinski definition) is 1. The molecule has 2 heterocycles. The molecule has 156 valence electrons. The van der Waals surface area contributed by atoms with Gasteiger partial charge in [-0.1, -0.05) is 78.9 Å². The summed E-state index contributed by atoms with van der Waals surface area (Å²) in [7, 11) is 0. The van der Waals surface area contributed by atoms with Crippen LogP contribution in [0.15, 0.2) is 84.9 Å². The third kappa shape index (κ3) is 4.13. The number of aromatic nitrogens is 1. The van der Waals surface area contributed by atoms with Crippen molar-refractivity contribution < 1.29 is 4.79 Å². The van der Waals surface area contributed by atoms with Crippen LogP contribution in [-0.4, -0.2) is 22.3 Å². The van der Waals surface area contributed by atoms with Gasteiger partial charge in [-0.3, -0.25) is 4.79 Å². The molecule has 1 N–H and O–H groups in total. The molecule has 0 spiro atoms. The lowest BCUT2D eigenvalue weighted by Crippen LogP contribution is -2.40. The Balaban J connectivity index is 1.41. The SMILES string of the molecule is O=C(CCc1ccccc1)N1CCc2c([nH]c3ccccc23)C1CCc1ccccc1. The lowest BCUT2D eigenvalue weighted by Gasteiger charge is -2.36. The van der Waals surface area contributed by atoms with E-state index in [9.17, 15) is 4.79 Å². The summed E-state index contributed by atoms with van der Waals surface area (Å²) in [6.07, 6.45) is 4.16. The first-order valence-electron chi connectivity index (χ1n) is 11.3. The summed E-state index contributed by atoms with van der Waals surface area (Å²) in [6, 6.07) is 29.5. The third-order valence-corrected chi connectivity index (χ3v) is 6.50. The topological polar surface area (TPSA) is 36.1 Å². The monoisotopic (exact) mass is 408 g/mol. The van der Waals surface area contributed by atoms with Gasteiger partial charge >= 0.3 is 0 Å². The van der Waals surface area contributed by atoms with Crippen LogP contribution in [-0.2, 0) is 24.1 Å². The number of para-hydroxylation sites is 1. The second-order valence-corrected chi connectivity index (χ2v) is 8.43. The number of nitrogens with one attached hydrogen (secondary N) is 1. The molecule has 0 aliphatic carbocycles. The van der Waals surface area contributed by atoms with E-state index in [0.29, 0.717) is 6.42 Å². The molecule has 3 nitrogen and oxygen atoms in total. The van der Waals surface area contributed by atoms with Gasteiger partial charge in [-0.05, 0) is 48.4 Å². The summed E-state index contributed by atoms with van der Waals surface area (Å²) < 4.78 is 0. The van der Waals surface area contributed by atoms with E-state index in [1.165, 1.54) is 33.3 Å². The lowest BCUT2D eigenvalue weighted by molar-refractivity contribution is -0.134. The zero-order valence-electron chi connectivity index (χ0n) is 17.8. The largest absolute Gasteiger partial charge is 0.356 e. The molecule has 3 aromatic carbocycles. The molecule has 4 aromatic rings. The Morgan fingerprint density at radius 2 is 1.48 bits per heavy atom. The van der Waals surface area contributed by atoms with Crippen LogP contribution in [0.5, 0.6) is 0 Å². The van der Waals surface area contributed by atoms with E-state index in [0.717, 1.165) is 32.2 Å². The average Bonchev–Trinajstić information content (AvgIpc) is 3.21. The standard InChI is InChI=1S/C28H28N2O/c31-27(18-16-22-11-5-2-6-12-22)30-20-19-24-23-13-7-8-14-25(23)29-28(24)26(30)17-15-21-9-3-1-4-10-21/h1-14,26,29H,15-20H2. The van der Waals surface area contributed by atoms with Gasteiger partial charge in [0.2, 0.25) is 5.91 Å². The Kier molecular flexibility index (Phi) is 5.57. The van der Waals surface area contributed by atoms with Gasteiger partial charge in [0.1, 0.15) is 0 Å². The molecule has 0 radical (unpaired) electrons. The Labute approximate surface area is 183 Å². The van der Waals surface area contributed by atoms with Crippen molar-refractivity contribution in [2.24, 2.45) is 0 Å². The normalized spacial score (nSPS) is 15.7. The van der Waals surface area contributed by atoms with Crippen molar-refractivity contribution in [1.82, 2.24) is 9.88 Å². The fourth-order valence-corrected chi connectivity index (χ4v) is 4.90. The van der Waals surface area contributed by atoms with Gasteiger partial charge in [0.25, 0.3) is 0 Å². The predicted octanol–water partition coefficient (Wildman–Crippen LogP) is 5.86. The number of aromatic amines is 1. The molecule has 1 aliphatic rings. The van der Waals surface area contributed by atoms with Gasteiger partial charge in [0, 0.05) is 29.6 Å². The van der Waals surface area contributed by atoms with Crippen LogP contribution in [0.25, 0.3) is 10.9 Å². The van der Waals surface area contributed by atoms with Crippen LogP contribution >= 0.6 is 0 Å². The molecule has 31 heavy (non-hydrogen) atoms. The summed E-state index contributed by atoms with van der Waals surface area (Å²) >= 11 is 0. The number of aryl methyl sites for hydroxylation is 2. The Hall–Kier alpha value is -3.33. The summed E-state index contributed by atoms with van der Waals surface area (Å²) in [6.45, 7) is 0.794. The maximum atomic E-state index is 13.3. The highest BCUT2D eigenvalue weighted by Crippen LogP contribution is 2.37. The summed E-state index contributed by atoms with van der Waals surface area (Å²) in [5, 5.41) is 1.30. The van der Waals surface area contributed by atoms with Crippen molar-refractivity contribution in [3.63, 3.8) is 0 Å². The molecule has 3 heteroatoms. The molecular formula is C28H28N2O. The second-order valence-electron chi connectivity index (χ2n) is 8.43. The van der Waals surface area contributed by atoms with E-state index in [1.807, 2.05) is 18.2 Å². The number of carbonyl (C=O) groups excluding carboxylic acids is 1. The molecule has 0 bridgehead atoms. The van der Waals surface area contributed by atoms with Crippen LogP contribution in [0.3, 0.4) is 0 Å². The number of H-pyrrole nitrogens is 1. The number of carbonyl (C=O) groups is 1. The van der Waals surface area contributed by atoms with Crippen molar-refractivity contribution in [2.45, 2.75) is 38.1 Å². The van der Waals surface area contributed by atoms with Crippen LogP contribution in [0.4, 0.5) is 0 Å². The first-order valence-corrected chi connectivity index (χ1v) is 11.3. The minimum absolute atomic E-state index is 0.0969. The smallest absolute Gasteiger partial charge is 0.223 e. The Morgan fingerprint density at radius 1 is 0.839 bits per heavy atom. The first kappa shape index (κ1) is 19.6. The van der Waals surface area contributed by atoms with Crippen LogP contribution < -0.4 is 0 Å². The zero-order chi connectivity index (χ0) is 21.0. The first-order chi connectivity index (χ1) is 15.3. The predicted molar refractivity (Wildman–Crippen MR) is 126 cm³/mol. The lowest BCUT2D eigenvalue weighted by atomic mass is 9.92. The fraction of sp³-hybridized carbons (Fsp3) is 0.250. The fourth-order valence-electron chi connectivity index (χ4n) is 4.90. The highest BCUT2D eigenvalue weighted by Gasteiger charge is 2.32. The number of rotatable bonds is 6. The molecular weight excluding hydrogens is 380 g/mol. The van der Waals surface area contributed by atoms with Crippen molar-refractivity contribution in [3.8, 4) is 0 Å².